The van der Waals surface area contributed by atoms with E-state index in [-0.39, 0.29) is 5.92 Å². The number of fused-ring (bicyclic) bond motifs is 1. The van der Waals surface area contributed by atoms with Gasteiger partial charge in [0.05, 0.1) is 0 Å². The SMILES string of the molecule is Cc1cc(N(C)c2ccc3c(c2)CCC[C@H]3CNC(=O)O)no1. The second kappa shape index (κ2) is 6.32. The molecule has 1 aromatic heterocycles. The van der Waals surface area contributed by atoms with E-state index in [1.54, 1.807) is 0 Å². The highest BCUT2D eigenvalue weighted by atomic mass is 16.5. The van der Waals surface area contributed by atoms with Gasteiger partial charge in [-0.15, -0.1) is 0 Å². The first-order chi connectivity index (χ1) is 11.0. The van der Waals surface area contributed by atoms with E-state index < -0.39 is 6.09 Å². The molecule has 2 aromatic rings. The van der Waals surface area contributed by atoms with Gasteiger partial charge in [0, 0.05) is 31.3 Å². The normalized spacial score (nSPS) is 16.7. The van der Waals surface area contributed by atoms with Gasteiger partial charge in [0.1, 0.15) is 5.76 Å². The first-order valence-electron chi connectivity index (χ1n) is 7.81. The summed E-state index contributed by atoms with van der Waals surface area (Å²) >= 11 is 0. The number of nitrogens with zero attached hydrogens (tertiary/aromatic N) is 2. The molecule has 1 amide bonds. The second-order valence-corrected chi connectivity index (χ2v) is 6.01. The van der Waals surface area contributed by atoms with Gasteiger partial charge in [0.15, 0.2) is 5.82 Å². The summed E-state index contributed by atoms with van der Waals surface area (Å²) in [5.41, 5.74) is 3.60. The van der Waals surface area contributed by atoms with Gasteiger partial charge in [-0.3, -0.25) is 0 Å². The zero-order valence-electron chi connectivity index (χ0n) is 13.4. The van der Waals surface area contributed by atoms with Crippen LogP contribution in [0, 0.1) is 6.92 Å². The van der Waals surface area contributed by atoms with Crippen LogP contribution in [0.4, 0.5) is 16.3 Å². The fourth-order valence-corrected chi connectivity index (χ4v) is 3.18. The highest BCUT2D eigenvalue weighted by Crippen LogP contribution is 2.34. The van der Waals surface area contributed by atoms with E-state index in [0.717, 1.165) is 36.5 Å². The Morgan fingerprint density at radius 2 is 2.30 bits per heavy atom. The third-order valence-electron chi connectivity index (χ3n) is 4.41. The predicted octanol–water partition coefficient (Wildman–Crippen LogP) is 3.44. The van der Waals surface area contributed by atoms with Crippen LogP contribution in [0.15, 0.2) is 28.8 Å². The lowest BCUT2D eigenvalue weighted by atomic mass is 9.82. The van der Waals surface area contributed by atoms with Gasteiger partial charge in [-0.05, 0) is 49.4 Å². The molecule has 122 valence electrons. The van der Waals surface area contributed by atoms with E-state index in [1.807, 2.05) is 24.9 Å². The highest BCUT2D eigenvalue weighted by molar-refractivity contribution is 5.65. The van der Waals surface area contributed by atoms with E-state index >= 15 is 0 Å². The van der Waals surface area contributed by atoms with Crippen LogP contribution in [0.1, 0.15) is 35.6 Å². The average molecular weight is 315 g/mol. The minimum absolute atomic E-state index is 0.253. The van der Waals surface area contributed by atoms with Crippen molar-refractivity contribution >= 4 is 17.6 Å². The van der Waals surface area contributed by atoms with Gasteiger partial charge in [-0.1, -0.05) is 11.2 Å². The number of carboxylic acid groups (broad SMARTS) is 1. The summed E-state index contributed by atoms with van der Waals surface area (Å²) in [6.07, 6.45) is 2.16. The minimum Gasteiger partial charge on any atom is -0.465 e. The largest absolute Gasteiger partial charge is 0.465 e. The van der Waals surface area contributed by atoms with Gasteiger partial charge >= 0.3 is 6.09 Å². The molecule has 0 bridgehead atoms. The quantitative estimate of drug-likeness (QED) is 0.903. The molecule has 0 unspecified atom stereocenters. The van der Waals surface area contributed by atoms with Crippen LogP contribution in [0.5, 0.6) is 0 Å². The molecule has 1 aromatic carbocycles. The number of amides is 1. The molecular weight excluding hydrogens is 294 g/mol. The maximum Gasteiger partial charge on any atom is 0.404 e. The number of carbonyl (C=O) groups is 1. The Kier molecular flexibility index (Phi) is 4.23. The van der Waals surface area contributed by atoms with Crippen LogP contribution < -0.4 is 10.2 Å². The molecule has 23 heavy (non-hydrogen) atoms. The van der Waals surface area contributed by atoms with E-state index in [4.69, 9.17) is 9.63 Å². The zero-order chi connectivity index (χ0) is 16.4. The summed E-state index contributed by atoms with van der Waals surface area (Å²) in [4.78, 5) is 12.7. The topological polar surface area (TPSA) is 78.6 Å². The monoisotopic (exact) mass is 315 g/mol. The van der Waals surface area contributed by atoms with E-state index in [9.17, 15) is 4.79 Å². The van der Waals surface area contributed by atoms with Gasteiger partial charge in [-0.2, -0.15) is 0 Å². The summed E-state index contributed by atoms with van der Waals surface area (Å²) in [6.45, 7) is 2.34. The van der Waals surface area contributed by atoms with Gasteiger partial charge in [-0.25, -0.2) is 4.79 Å². The maximum absolute atomic E-state index is 10.7. The number of hydrogen-bond acceptors (Lipinski definition) is 4. The van der Waals surface area contributed by atoms with Crippen molar-refractivity contribution in [1.29, 1.82) is 0 Å². The molecule has 1 heterocycles. The maximum atomic E-state index is 10.7. The Bertz CT molecular complexity index is 711. The minimum atomic E-state index is -0.963. The Morgan fingerprint density at radius 1 is 1.48 bits per heavy atom. The van der Waals surface area contributed by atoms with Crippen LogP contribution in [0.25, 0.3) is 0 Å². The first kappa shape index (κ1) is 15.4. The Balaban J connectivity index is 1.82. The number of benzene rings is 1. The number of nitrogens with one attached hydrogen (secondary N) is 1. The lowest BCUT2D eigenvalue weighted by molar-refractivity contribution is 0.193. The molecular formula is C17H21N3O3. The fourth-order valence-electron chi connectivity index (χ4n) is 3.18. The lowest BCUT2D eigenvalue weighted by Gasteiger charge is -2.27. The van der Waals surface area contributed by atoms with Crippen LogP contribution in [0.2, 0.25) is 0 Å². The molecule has 0 saturated heterocycles. The van der Waals surface area contributed by atoms with Gasteiger partial charge in [0.2, 0.25) is 0 Å². The summed E-state index contributed by atoms with van der Waals surface area (Å²) in [7, 11) is 1.96. The van der Waals surface area contributed by atoms with Crippen molar-refractivity contribution in [2.75, 3.05) is 18.5 Å². The Hall–Kier alpha value is -2.50. The lowest BCUT2D eigenvalue weighted by Crippen LogP contribution is -2.28. The fraction of sp³-hybridized carbons (Fsp3) is 0.412. The molecule has 6 heteroatoms. The average Bonchev–Trinajstić information content (AvgIpc) is 2.98. The highest BCUT2D eigenvalue weighted by Gasteiger charge is 2.22. The molecule has 2 N–H and O–H groups in total. The molecule has 1 aliphatic rings. The predicted molar refractivity (Wildman–Crippen MR) is 87.5 cm³/mol. The number of hydrogen-bond donors (Lipinski definition) is 2. The summed E-state index contributed by atoms with van der Waals surface area (Å²) in [5, 5.41) is 15.4. The molecule has 0 aliphatic heterocycles. The second-order valence-electron chi connectivity index (χ2n) is 6.01. The van der Waals surface area contributed by atoms with Crippen LogP contribution in [-0.2, 0) is 6.42 Å². The number of anilines is 2. The van der Waals surface area contributed by atoms with Crippen molar-refractivity contribution in [3.63, 3.8) is 0 Å². The summed E-state index contributed by atoms with van der Waals surface area (Å²) in [6, 6.07) is 8.24. The molecule has 6 nitrogen and oxygen atoms in total. The van der Waals surface area contributed by atoms with Crippen LogP contribution in [-0.4, -0.2) is 29.9 Å². The third kappa shape index (κ3) is 3.31. The summed E-state index contributed by atoms with van der Waals surface area (Å²) in [5.74, 6) is 1.82. The van der Waals surface area contributed by atoms with Crippen molar-refractivity contribution in [3.8, 4) is 0 Å². The van der Waals surface area contributed by atoms with Crippen molar-refractivity contribution < 1.29 is 14.4 Å². The van der Waals surface area contributed by atoms with E-state index in [0.29, 0.717) is 6.54 Å². The zero-order valence-corrected chi connectivity index (χ0v) is 13.4. The number of rotatable bonds is 4. The first-order valence-corrected chi connectivity index (χ1v) is 7.81. The Labute approximate surface area is 135 Å². The smallest absolute Gasteiger partial charge is 0.404 e. The third-order valence-corrected chi connectivity index (χ3v) is 4.41. The van der Waals surface area contributed by atoms with Crippen LogP contribution >= 0.6 is 0 Å². The molecule has 1 atom stereocenters. The number of aromatic nitrogens is 1. The van der Waals surface area contributed by atoms with E-state index in [2.05, 4.69) is 28.7 Å². The molecule has 1 aliphatic carbocycles. The van der Waals surface area contributed by atoms with Crippen molar-refractivity contribution in [2.45, 2.75) is 32.1 Å². The molecule has 0 spiro atoms. The van der Waals surface area contributed by atoms with Crippen molar-refractivity contribution in [3.05, 3.63) is 41.2 Å². The standard InChI is InChI=1S/C17H21N3O3/c1-11-8-16(19-23-11)20(2)14-6-7-15-12(9-14)4-3-5-13(15)10-18-17(21)22/h6-9,13,18H,3-5,10H2,1-2H3,(H,21,22)/t13-/m0/s1. The molecule has 0 fully saturated rings. The molecule has 0 saturated carbocycles. The molecule has 0 radical (unpaired) electrons. The molecule has 3 rings (SSSR count). The van der Waals surface area contributed by atoms with Crippen molar-refractivity contribution in [2.24, 2.45) is 0 Å². The Morgan fingerprint density at radius 3 is 3.00 bits per heavy atom. The van der Waals surface area contributed by atoms with Crippen LogP contribution in [0.3, 0.4) is 0 Å². The van der Waals surface area contributed by atoms with Gasteiger partial charge < -0.3 is 19.8 Å². The van der Waals surface area contributed by atoms with E-state index in [1.165, 1.54) is 11.1 Å². The number of aryl methyl sites for hydroxylation is 2. The van der Waals surface area contributed by atoms with Gasteiger partial charge in [0.25, 0.3) is 0 Å². The summed E-state index contributed by atoms with van der Waals surface area (Å²) < 4.78 is 5.14. The van der Waals surface area contributed by atoms with Crippen molar-refractivity contribution in [1.82, 2.24) is 10.5 Å².